The van der Waals surface area contributed by atoms with Crippen molar-refractivity contribution < 1.29 is 14.3 Å². The second-order valence-electron chi connectivity index (χ2n) is 5.33. The summed E-state index contributed by atoms with van der Waals surface area (Å²) in [6.45, 7) is 2.19. The molecule has 0 radical (unpaired) electrons. The lowest BCUT2D eigenvalue weighted by Gasteiger charge is -2.01. The number of aryl methyl sites for hydroxylation is 1. The Hall–Kier alpha value is -2.74. The molecule has 0 saturated carbocycles. The molecule has 0 atom stereocenters. The van der Waals surface area contributed by atoms with E-state index < -0.39 is 0 Å². The molecule has 24 heavy (non-hydrogen) atoms. The highest BCUT2D eigenvalue weighted by Gasteiger charge is 2.24. The molecule has 2 aromatic rings. The Morgan fingerprint density at radius 3 is 3.00 bits per heavy atom. The van der Waals surface area contributed by atoms with Gasteiger partial charge in [-0.2, -0.15) is 5.10 Å². The minimum Gasteiger partial charge on any atom is -0.454 e. The Morgan fingerprint density at radius 2 is 2.21 bits per heavy atom. The van der Waals surface area contributed by atoms with E-state index in [9.17, 15) is 4.79 Å². The Kier molecular flexibility index (Phi) is 3.53. The molecule has 2 aliphatic heterocycles. The summed E-state index contributed by atoms with van der Waals surface area (Å²) < 4.78 is 12.4. The Bertz CT molecular complexity index is 901. The van der Waals surface area contributed by atoms with Crippen LogP contribution in [0.5, 0.6) is 11.5 Å². The van der Waals surface area contributed by atoms with Gasteiger partial charge in [0.25, 0.3) is 5.24 Å². The highest BCUT2D eigenvalue weighted by molar-refractivity contribution is 8.18. The van der Waals surface area contributed by atoms with Gasteiger partial charge in [0.05, 0.1) is 16.8 Å². The van der Waals surface area contributed by atoms with Crippen LogP contribution in [0.25, 0.3) is 6.08 Å². The average molecular weight is 342 g/mol. The summed E-state index contributed by atoms with van der Waals surface area (Å²) in [6.07, 6.45) is 3.68. The van der Waals surface area contributed by atoms with E-state index in [4.69, 9.17) is 9.47 Å². The van der Waals surface area contributed by atoms with Gasteiger partial charge in [0.2, 0.25) is 6.79 Å². The first-order chi connectivity index (χ1) is 11.6. The number of nitrogens with one attached hydrogen (secondary N) is 1. The molecule has 0 bridgehead atoms. The van der Waals surface area contributed by atoms with Crippen LogP contribution in [0.4, 0.5) is 10.5 Å². The predicted octanol–water partition coefficient (Wildman–Crippen LogP) is 2.98. The fraction of sp³-hybridized carbons (Fsp3) is 0.188. The SMILES string of the molecule is Cc1c(/C=C2\SC(=O)NC2=Nc2ccc3c(c2)OCO3)cnn1C. The van der Waals surface area contributed by atoms with Crippen molar-refractivity contribution in [3.8, 4) is 11.5 Å². The standard InChI is InChI=1S/C16H14N4O3S/c1-9-10(7-17-20(9)2)5-14-15(19-16(21)24-14)18-11-3-4-12-13(6-11)23-8-22-12/h3-7H,8H2,1-2H3,(H,18,19,21)/b14-5-. The number of hydrogen-bond acceptors (Lipinski definition) is 6. The molecular formula is C16H14N4O3S. The largest absolute Gasteiger partial charge is 0.454 e. The van der Waals surface area contributed by atoms with Crippen LogP contribution >= 0.6 is 11.8 Å². The maximum Gasteiger partial charge on any atom is 0.289 e. The third-order valence-electron chi connectivity index (χ3n) is 3.81. The molecule has 8 heteroatoms. The molecule has 1 amide bonds. The molecule has 4 rings (SSSR count). The van der Waals surface area contributed by atoms with E-state index in [-0.39, 0.29) is 12.0 Å². The Balaban J connectivity index is 1.70. The highest BCUT2D eigenvalue weighted by Crippen LogP contribution is 2.36. The van der Waals surface area contributed by atoms with Crippen LogP contribution in [0.2, 0.25) is 0 Å². The number of fused-ring (bicyclic) bond motifs is 1. The fourth-order valence-corrected chi connectivity index (χ4v) is 3.12. The molecule has 2 aliphatic rings. The first-order valence-electron chi connectivity index (χ1n) is 7.28. The topological polar surface area (TPSA) is 77.7 Å². The molecule has 1 aromatic heterocycles. The summed E-state index contributed by atoms with van der Waals surface area (Å²) in [7, 11) is 1.88. The van der Waals surface area contributed by atoms with Gasteiger partial charge in [-0.1, -0.05) is 0 Å². The zero-order valence-corrected chi connectivity index (χ0v) is 13.9. The van der Waals surface area contributed by atoms with Crippen molar-refractivity contribution in [3.63, 3.8) is 0 Å². The number of thioether (sulfide) groups is 1. The van der Waals surface area contributed by atoms with Gasteiger partial charge in [0, 0.05) is 24.4 Å². The Morgan fingerprint density at radius 1 is 1.38 bits per heavy atom. The maximum atomic E-state index is 11.8. The van der Waals surface area contributed by atoms with Crippen molar-refractivity contribution in [2.75, 3.05) is 6.79 Å². The van der Waals surface area contributed by atoms with Crippen molar-refractivity contribution in [1.29, 1.82) is 0 Å². The van der Waals surface area contributed by atoms with Crippen LogP contribution in [0.3, 0.4) is 0 Å². The van der Waals surface area contributed by atoms with Crippen LogP contribution < -0.4 is 14.8 Å². The minimum atomic E-state index is -0.151. The lowest BCUT2D eigenvalue weighted by atomic mass is 10.2. The molecule has 0 aliphatic carbocycles. The summed E-state index contributed by atoms with van der Waals surface area (Å²) in [5, 5.41) is 6.84. The Labute approximate surface area is 142 Å². The van der Waals surface area contributed by atoms with Crippen LogP contribution in [0.1, 0.15) is 11.3 Å². The van der Waals surface area contributed by atoms with Crippen LogP contribution in [-0.4, -0.2) is 27.6 Å². The number of amides is 1. The van der Waals surface area contributed by atoms with Gasteiger partial charge in [-0.15, -0.1) is 0 Å². The van der Waals surface area contributed by atoms with Crippen LogP contribution in [0, 0.1) is 6.92 Å². The molecule has 1 N–H and O–H groups in total. The van der Waals surface area contributed by atoms with E-state index in [1.165, 1.54) is 0 Å². The molecular weight excluding hydrogens is 328 g/mol. The van der Waals surface area contributed by atoms with Gasteiger partial charge in [0.1, 0.15) is 5.84 Å². The fourth-order valence-electron chi connectivity index (χ4n) is 2.40. The number of aliphatic imine (C=N–C) groups is 1. The van der Waals surface area contributed by atoms with Gasteiger partial charge >= 0.3 is 0 Å². The third kappa shape index (κ3) is 2.65. The molecule has 0 unspecified atom stereocenters. The number of aromatic nitrogens is 2. The summed E-state index contributed by atoms with van der Waals surface area (Å²) in [5.74, 6) is 1.88. The van der Waals surface area contributed by atoms with E-state index in [2.05, 4.69) is 15.4 Å². The van der Waals surface area contributed by atoms with Crippen molar-refractivity contribution in [1.82, 2.24) is 15.1 Å². The predicted molar refractivity (Wildman–Crippen MR) is 91.7 cm³/mol. The summed E-state index contributed by atoms with van der Waals surface area (Å²) in [6, 6.07) is 5.42. The lowest BCUT2D eigenvalue weighted by molar-refractivity contribution is 0.174. The number of ether oxygens (including phenoxy) is 2. The molecule has 1 saturated heterocycles. The number of nitrogens with zero attached hydrogens (tertiary/aromatic N) is 3. The summed E-state index contributed by atoms with van der Waals surface area (Å²) in [5.41, 5.74) is 2.66. The van der Waals surface area contributed by atoms with Gasteiger partial charge in [-0.05, 0) is 36.9 Å². The number of benzene rings is 1. The second-order valence-corrected chi connectivity index (χ2v) is 6.34. The van der Waals surface area contributed by atoms with Crippen molar-refractivity contribution >= 4 is 34.6 Å². The maximum absolute atomic E-state index is 11.8. The molecule has 7 nitrogen and oxygen atoms in total. The highest BCUT2D eigenvalue weighted by atomic mass is 32.2. The average Bonchev–Trinajstić information content (AvgIpc) is 3.23. The van der Waals surface area contributed by atoms with Crippen LogP contribution in [-0.2, 0) is 7.05 Å². The van der Waals surface area contributed by atoms with E-state index in [1.807, 2.05) is 26.1 Å². The third-order valence-corrected chi connectivity index (χ3v) is 4.63. The monoisotopic (exact) mass is 342 g/mol. The zero-order valence-electron chi connectivity index (χ0n) is 13.1. The number of hydrogen-bond donors (Lipinski definition) is 1. The quantitative estimate of drug-likeness (QED) is 0.908. The molecule has 0 spiro atoms. The van der Waals surface area contributed by atoms with E-state index >= 15 is 0 Å². The van der Waals surface area contributed by atoms with Crippen molar-refractivity contribution in [2.24, 2.45) is 12.0 Å². The first-order valence-corrected chi connectivity index (χ1v) is 8.09. The minimum absolute atomic E-state index is 0.151. The second kappa shape index (κ2) is 5.72. The lowest BCUT2D eigenvalue weighted by Crippen LogP contribution is -2.18. The molecule has 1 fully saturated rings. The molecule has 122 valence electrons. The van der Waals surface area contributed by atoms with E-state index in [1.54, 1.807) is 23.0 Å². The summed E-state index contributed by atoms with van der Waals surface area (Å²) >= 11 is 1.12. The van der Waals surface area contributed by atoms with E-state index in [0.29, 0.717) is 23.0 Å². The van der Waals surface area contributed by atoms with Crippen molar-refractivity contribution in [3.05, 3.63) is 40.6 Å². The smallest absolute Gasteiger partial charge is 0.289 e. The van der Waals surface area contributed by atoms with E-state index in [0.717, 1.165) is 27.9 Å². The number of carbonyl (C=O) groups is 1. The first kappa shape index (κ1) is 14.8. The van der Waals surface area contributed by atoms with Gasteiger partial charge in [0.15, 0.2) is 11.5 Å². The molecule has 3 heterocycles. The van der Waals surface area contributed by atoms with Gasteiger partial charge in [-0.3, -0.25) is 9.48 Å². The summed E-state index contributed by atoms with van der Waals surface area (Å²) in [4.78, 5) is 17.1. The normalized spacial score (nSPS) is 19.3. The number of carbonyl (C=O) groups excluding carboxylic acids is 1. The molecule has 1 aromatic carbocycles. The number of amidine groups is 1. The van der Waals surface area contributed by atoms with Gasteiger partial charge < -0.3 is 14.8 Å². The van der Waals surface area contributed by atoms with Crippen LogP contribution in [0.15, 0.2) is 34.3 Å². The van der Waals surface area contributed by atoms with Gasteiger partial charge in [-0.25, -0.2) is 4.99 Å². The zero-order chi connectivity index (χ0) is 16.7. The van der Waals surface area contributed by atoms with Crippen molar-refractivity contribution in [2.45, 2.75) is 6.92 Å². The number of rotatable bonds is 2.